The van der Waals surface area contributed by atoms with Gasteiger partial charge in [0, 0.05) is 10.7 Å². The first-order valence-electron chi connectivity index (χ1n) is 9.27. The summed E-state index contributed by atoms with van der Waals surface area (Å²) in [7, 11) is -3.92. The van der Waals surface area contributed by atoms with Crippen molar-refractivity contribution >= 4 is 38.9 Å². The molecule has 1 heterocycles. The zero-order chi connectivity index (χ0) is 21.3. The zero-order valence-corrected chi connectivity index (χ0v) is 17.7. The van der Waals surface area contributed by atoms with Gasteiger partial charge in [0.15, 0.2) is 6.10 Å². The quantitative estimate of drug-likeness (QED) is 0.655. The van der Waals surface area contributed by atoms with E-state index in [4.69, 9.17) is 16.3 Å². The summed E-state index contributed by atoms with van der Waals surface area (Å²) in [6, 6.07) is 20.0. The average Bonchev–Trinajstić information content (AvgIpc) is 2.74. The Kier molecular flexibility index (Phi) is 5.40. The summed E-state index contributed by atoms with van der Waals surface area (Å²) in [5, 5.41) is 3.26. The van der Waals surface area contributed by atoms with Crippen molar-refractivity contribution in [3.8, 4) is 5.75 Å². The van der Waals surface area contributed by atoms with E-state index in [1.165, 1.54) is 28.6 Å². The van der Waals surface area contributed by atoms with E-state index in [1.807, 2.05) is 25.1 Å². The maximum atomic E-state index is 13.3. The molecule has 3 aromatic carbocycles. The van der Waals surface area contributed by atoms with E-state index in [1.54, 1.807) is 30.3 Å². The highest BCUT2D eigenvalue weighted by molar-refractivity contribution is 7.92. The van der Waals surface area contributed by atoms with Crippen molar-refractivity contribution in [1.29, 1.82) is 0 Å². The van der Waals surface area contributed by atoms with Crippen LogP contribution in [-0.4, -0.2) is 27.0 Å². The number of anilines is 2. The largest absolute Gasteiger partial charge is 0.476 e. The van der Waals surface area contributed by atoms with Crippen LogP contribution in [0, 0.1) is 6.92 Å². The fraction of sp³-hybridized carbons (Fsp3) is 0.136. The number of para-hydroxylation sites is 3. The lowest BCUT2D eigenvalue weighted by molar-refractivity contribution is -0.122. The number of aryl methyl sites for hydroxylation is 1. The third kappa shape index (κ3) is 3.86. The van der Waals surface area contributed by atoms with Crippen LogP contribution in [-0.2, 0) is 14.8 Å². The van der Waals surface area contributed by atoms with Crippen molar-refractivity contribution in [2.24, 2.45) is 0 Å². The van der Waals surface area contributed by atoms with Gasteiger partial charge in [0.05, 0.1) is 17.1 Å². The third-order valence-electron chi connectivity index (χ3n) is 4.83. The second-order valence-corrected chi connectivity index (χ2v) is 9.17. The van der Waals surface area contributed by atoms with Crippen molar-refractivity contribution in [2.45, 2.75) is 17.9 Å². The Hall–Kier alpha value is -3.03. The fourth-order valence-corrected chi connectivity index (χ4v) is 4.83. The molecule has 0 aliphatic carbocycles. The molecule has 0 radical (unpaired) electrons. The maximum Gasteiger partial charge on any atom is 0.267 e. The van der Waals surface area contributed by atoms with Crippen LogP contribution in [0.25, 0.3) is 0 Å². The van der Waals surface area contributed by atoms with Crippen LogP contribution in [0.3, 0.4) is 0 Å². The molecule has 154 valence electrons. The maximum absolute atomic E-state index is 13.3. The standard InChI is InChI=1S/C22H19ClN2O4S/c1-15-6-2-3-7-18(15)24-22(26)21-14-25(19-8-4-5-9-20(19)29-21)30(27,28)17-12-10-16(23)11-13-17/h2-13,21H,14H2,1H3,(H,24,26)/t21-/m1/s1. The van der Waals surface area contributed by atoms with Crippen molar-refractivity contribution < 1.29 is 17.9 Å². The van der Waals surface area contributed by atoms with Gasteiger partial charge in [0.1, 0.15) is 5.75 Å². The highest BCUT2D eigenvalue weighted by atomic mass is 35.5. The molecular formula is C22H19ClN2O4S. The minimum atomic E-state index is -3.92. The average molecular weight is 443 g/mol. The van der Waals surface area contributed by atoms with Crippen LogP contribution in [0.1, 0.15) is 5.56 Å². The number of amides is 1. The van der Waals surface area contributed by atoms with E-state index in [0.717, 1.165) is 5.56 Å². The Balaban J connectivity index is 1.68. The van der Waals surface area contributed by atoms with E-state index in [-0.39, 0.29) is 11.4 Å². The second kappa shape index (κ2) is 8.01. The Morgan fingerprint density at radius 1 is 1.03 bits per heavy atom. The van der Waals surface area contributed by atoms with Crippen LogP contribution in [0.2, 0.25) is 5.02 Å². The van der Waals surface area contributed by atoms with Gasteiger partial charge in [0.2, 0.25) is 0 Å². The summed E-state index contributed by atoms with van der Waals surface area (Å²) in [4.78, 5) is 13.0. The normalized spacial score (nSPS) is 15.8. The molecule has 1 aliphatic rings. The monoisotopic (exact) mass is 442 g/mol. The van der Waals surface area contributed by atoms with E-state index in [0.29, 0.717) is 22.1 Å². The lowest BCUT2D eigenvalue weighted by Crippen LogP contribution is -2.48. The molecule has 0 spiro atoms. The van der Waals surface area contributed by atoms with Crippen LogP contribution in [0.5, 0.6) is 5.75 Å². The lowest BCUT2D eigenvalue weighted by Gasteiger charge is -2.34. The number of benzene rings is 3. The highest BCUT2D eigenvalue weighted by Gasteiger charge is 2.37. The number of nitrogens with zero attached hydrogens (tertiary/aromatic N) is 1. The van der Waals surface area contributed by atoms with Gasteiger partial charge in [-0.1, -0.05) is 41.9 Å². The summed E-state index contributed by atoms with van der Waals surface area (Å²) >= 11 is 5.90. The zero-order valence-electron chi connectivity index (χ0n) is 16.1. The summed E-state index contributed by atoms with van der Waals surface area (Å²) < 4.78 is 33.7. The molecule has 6 nitrogen and oxygen atoms in total. The van der Waals surface area contributed by atoms with Gasteiger partial charge in [-0.25, -0.2) is 8.42 Å². The number of carbonyl (C=O) groups is 1. The molecule has 1 N–H and O–H groups in total. The van der Waals surface area contributed by atoms with Crippen LogP contribution in [0.15, 0.2) is 77.7 Å². The topological polar surface area (TPSA) is 75.7 Å². The Labute approximate surface area is 180 Å². The smallest absolute Gasteiger partial charge is 0.267 e. The number of carbonyl (C=O) groups excluding carboxylic acids is 1. The number of fused-ring (bicyclic) bond motifs is 1. The number of rotatable bonds is 4. The molecule has 0 saturated carbocycles. The molecule has 0 aromatic heterocycles. The van der Waals surface area contributed by atoms with Crippen molar-refractivity contribution in [2.75, 3.05) is 16.2 Å². The number of halogens is 1. The predicted molar refractivity (Wildman–Crippen MR) is 117 cm³/mol. The molecule has 0 unspecified atom stereocenters. The number of nitrogens with one attached hydrogen (secondary N) is 1. The van der Waals surface area contributed by atoms with Crippen LogP contribution in [0.4, 0.5) is 11.4 Å². The molecule has 1 atom stereocenters. The molecule has 1 aliphatic heterocycles. The van der Waals surface area contributed by atoms with Crippen molar-refractivity contribution in [1.82, 2.24) is 0 Å². The molecular weight excluding hydrogens is 424 g/mol. The predicted octanol–water partition coefficient (Wildman–Crippen LogP) is 4.24. The van der Waals surface area contributed by atoms with Crippen LogP contribution < -0.4 is 14.4 Å². The molecule has 4 rings (SSSR count). The van der Waals surface area contributed by atoms with Gasteiger partial charge in [-0.05, 0) is 55.0 Å². The Morgan fingerprint density at radius 2 is 1.70 bits per heavy atom. The number of ether oxygens (including phenoxy) is 1. The summed E-state index contributed by atoms with van der Waals surface area (Å²) in [5.74, 6) is -0.0960. The van der Waals surface area contributed by atoms with Gasteiger partial charge < -0.3 is 10.1 Å². The number of hydrogen-bond donors (Lipinski definition) is 1. The molecule has 1 amide bonds. The molecule has 3 aromatic rings. The van der Waals surface area contributed by atoms with Crippen LogP contribution >= 0.6 is 11.6 Å². The van der Waals surface area contributed by atoms with E-state index < -0.39 is 22.0 Å². The second-order valence-electron chi connectivity index (χ2n) is 6.87. The SMILES string of the molecule is Cc1ccccc1NC(=O)[C@H]1CN(S(=O)(=O)c2ccc(Cl)cc2)c2ccccc2O1. The van der Waals surface area contributed by atoms with Gasteiger partial charge in [-0.15, -0.1) is 0 Å². The first-order chi connectivity index (χ1) is 14.4. The fourth-order valence-electron chi connectivity index (χ4n) is 3.23. The first kappa shape index (κ1) is 20.3. The van der Waals surface area contributed by atoms with E-state index in [2.05, 4.69) is 5.32 Å². The minimum absolute atomic E-state index is 0.0849. The number of hydrogen-bond acceptors (Lipinski definition) is 4. The molecule has 0 fully saturated rings. The van der Waals surface area contributed by atoms with E-state index >= 15 is 0 Å². The summed E-state index contributed by atoms with van der Waals surface area (Å²) in [6.07, 6.45) is -1.01. The highest BCUT2D eigenvalue weighted by Crippen LogP contribution is 2.37. The molecule has 30 heavy (non-hydrogen) atoms. The van der Waals surface area contributed by atoms with Gasteiger partial charge in [0.25, 0.3) is 15.9 Å². The Bertz CT molecular complexity index is 1200. The van der Waals surface area contributed by atoms with Gasteiger partial charge >= 0.3 is 0 Å². The summed E-state index contributed by atoms with van der Waals surface area (Å²) in [6.45, 7) is 1.73. The molecule has 0 saturated heterocycles. The van der Waals surface area contributed by atoms with Gasteiger partial charge in [-0.3, -0.25) is 9.10 Å². The minimum Gasteiger partial charge on any atom is -0.476 e. The van der Waals surface area contributed by atoms with E-state index in [9.17, 15) is 13.2 Å². The summed E-state index contributed by atoms with van der Waals surface area (Å²) in [5.41, 5.74) is 1.93. The van der Waals surface area contributed by atoms with Crippen molar-refractivity contribution in [3.63, 3.8) is 0 Å². The lowest BCUT2D eigenvalue weighted by atomic mass is 10.2. The molecule has 0 bridgehead atoms. The molecule has 8 heteroatoms. The number of sulfonamides is 1. The third-order valence-corrected chi connectivity index (χ3v) is 6.88. The first-order valence-corrected chi connectivity index (χ1v) is 11.1. The van der Waals surface area contributed by atoms with Crippen molar-refractivity contribution in [3.05, 3.63) is 83.4 Å². The Morgan fingerprint density at radius 3 is 2.43 bits per heavy atom. The van der Waals surface area contributed by atoms with Gasteiger partial charge in [-0.2, -0.15) is 0 Å².